The predicted octanol–water partition coefficient (Wildman–Crippen LogP) is 4.50. The van der Waals surface area contributed by atoms with Crippen LogP contribution >= 0.6 is 11.8 Å². The van der Waals surface area contributed by atoms with Gasteiger partial charge in [-0.3, -0.25) is 0 Å². The molecule has 1 saturated carbocycles. The Morgan fingerprint density at radius 1 is 1.22 bits per heavy atom. The second kappa shape index (κ2) is 7.38. The molecule has 3 aromatic rings. The van der Waals surface area contributed by atoms with Gasteiger partial charge < -0.3 is 14.1 Å². The molecule has 6 nitrogen and oxygen atoms in total. The summed E-state index contributed by atoms with van der Waals surface area (Å²) < 4.78 is 7.59. The van der Waals surface area contributed by atoms with Crippen molar-refractivity contribution in [3.05, 3.63) is 45.6 Å². The summed E-state index contributed by atoms with van der Waals surface area (Å²) >= 11 is 1.59. The molecule has 2 heterocycles. The summed E-state index contributed by atoms with van der Waals surface area (Å²) in [7, 11) is 0. The van der Waals surface area contributed by atoms with E-state index in [1.54, 1.807) is 30.8 Å². The summed E-state index contributed by atoms with van der Waals surface area (Å²) in [6, 6.07) is 5.43. The molecule has 1 fully saturated rings. The van der Waals surface area contributed by atoms with E-state index in [1.807, 2.05) is 6.92 Å². The average Bonchev–Trinajstić information content (AvgIpc) is 3.04. The van der Waals surface area contributed by atoms with E-state index in [4.69, 9.17) is 4.42 Å². The maximum atomic E-state index is 12.0. The largest absolute Gasteiger partial charge is 0.508 e. The topological polar surface area (TPSA) is 81.2 Å². The van der Waals surface area contributed by atoms with Crippen molar-refractivity contribution in [2.45, 2.75) is 62.9 Å². The van der Waals surface area contributed by atoms with Gasteiger partial charge in [0.05, 0.1) is 0 Å². The van der Waals surface area contributed by atoms with Gasteiger partial charge in [0.25, 0.3) is 0 Å². The molecule has 1 N–H and O–H groups in total. The maximum absolute atomic E-state index is 12.0. The molecular formula is C20H23N3O3S. The maximum Gasteiger partial charge on any atom is 0.336 e. The minimum Gasteiger partial charge on any atom is -0.508 e. The number of rotatable bonds is 4. The third-order valence-corrected chi connectivity index (χ3v) is 6.34. The van der Waals surface area contributed by atoms with Gasteiger partial charge in [-0.15, -0.1) is 10.2 Å². The SMILES string of the molecule is Cc1c(O)ccc2c(CSc3nnc(C)n3C3CCCCC3)cc(=O)oc12. The number of aromatic nitrogens is 3. The van der Waals surface area contributed by atoms with Crippen molar-refractivity contribution in [1.82, 2.24) is 14.8 Å². The van der Waals surface area contributed by atoms with Crippen molar-refractivity contribution in [1.29, 1.82) is 0 Å². The van der Waals surface area contributed by atoms with Crippen molar-refractivity contribution < 1.29 is 9.52 Å². The number of phenolic OH excluding ortho intramolecular Hbond substituents is 1. The van der Waals surface area contributed by atoms with Gasteiger partial charge in [0, 0.05) is 28.8 Å². The van der Waals surface area contributed by atoms with E-state index < -0.39 is 5.63 Å². The molecule has 1 aliphatic rings. The normalized spacial score (nSPS) is 15.5. The minimum absolute atomic E-state index is 0.128. The number of aromatic hydroxyl groups is 1. The first-order valence-corrected chi connectivity index (χ1v) is 10.3. The molecule has 1 aromatic carbocycles. The second-order valence-corrected chi connectivity index (χ2v) is 8.10. The first-order chi connectivity index (χ1) is 13.0. The van der Waals surface area contributed by atoms with Gasteiger partial charge in [-0.1, -0.05) is 31.0 Å². The average molecular weight is 385 g/mol. The fraction of sp³-hybridized carbons (Fsp3) is 0.450. The molecule has 2 aromatic heterocycles. The number of benzene rings is 1. The summed E-state index contributed by atoms with van der Waals surface area (Å²) in [6.45, 7) is 3.75. The summed E-state index contributed by atoms with van der Waals surface area (Å²) in [5.74, 6) is 1.67. The van der Waals surface area contributed by atoms with E-state index in [-0.39, 0.29) is 5.75 Å². The number of hydrogen-bond acceptors (Lipinski definition) is 6. The van der Waals surface area contributed by atoms with Crippen LogP contribution in [-0.4, -0.2) is 19.9 Å². The molecule has 0 amide bonds. The molecule has 0 spiro atoms. The molecule has 142 valence electrons. The van der Waals surface area contributed by atoms with E-state index in [1.165, 1.54) is 38.2 Å². The molecule has 0 aliphatic heterocycles. The van der Waals surface area contributed by atoms with Crippen LogP contribution in [0, 0.1) is 13.8 Å². The Kier molecular flexibility index (Phi) is 4.95. The van der Waals surface area contributed by atoms with Crippen LogP contribution in [0.3, 0.4) is 0 Å². The smallest absolute Gasteiger partial charge is 0.336 e. The molecule has 0 unspecified atom stereocenters. The molecule has 27 heavy (non-hydrogen) atoms. The zero-order valence-corrected chi connectivity index (χ0v) is 16.4. The molecule has 0 radical (unpaired) electrons. The lowest BCUT2D eigenvalue weighted by molar-refractivity contribution is 0.332. The van der Waals surface area contributed by atoms with E-state index in [9.17, 15) is 9.90 Å². The second-order valence-electron chi connectivity index (χ2n) is 7.16. The Labute approximate surface area is 161 Å². The Morgan fingerprint density at radius 2 is 2.00 bits per heavy atom. The van der Waals surface area contributed by atoms with Crippen LogP contribution in [0.4, 0.5) is 0 Å². The van der Waals surface area contributed by atoms with Crippen molar-refractivity contribution in [2.24, 2.45) is 0 Å². The predicted molar refractivity (Wildman–Crippen MR) is 105 cm³/mol. The monoisotopic (exact) mass is 385 g/mol. The molecule has 4 rings (SSSR count). The van der Waals surface area contributed by atoms with E-state index in [0.29, 0.717) is 22.9 Å². The van der Waals surface area contributed by atoms with Crippen LogP contribution in [0.1, 0.15) is 55.1 Å². The minimum atomic E-state index is -0.406. The summed E-state index contributed by atoms with van der Waals surface area (Å²) in [5, 5.41) is 20.3. The number of aryl methyl sites for hydroxylation is 2. The molecule has 0 atom stereocenters. The molecule has 0 saturated heterocycles. The Balaban J connectivity index is 1.65. The van der Waals surface area contributed by atoms with Gasteiger partial charge >= 0.3 is 5.63 Å². The Bertz CT molecular complexity index is 1030. The third kappa shape index (κ3) is 3.48. The lowest BCUT2D eigenvalue weighted by Gasteiger charge is -2.25. The fourth-order valence-electron chi connectivity index (χ4n) is 3.89. The number of fused-ring (bicyclic) bond motifs is 1. The van der Waals surface area contributed by atoms with Crippen molar-refractivity contribution in [2.75, 3.05) is 0 Å². The van der Waals surface area contributed by atoms with Gasteiger partial charge in [0.1, 0.15) is 17.2 Å². The summed E-state index contributed by atoms with van der Waals surface area (Å²) in [4.78, 5) is 12.0. The first kappa shape index (κ1) is 18.1. The summed E-state index contributed by atoms with van der Waals surface area (Å²) in [6.07, 6.45) is 6.14. The third-order valence-electron chi connectivity index (χ3n) is 5.35. The van der Waals surface area contributed by atoms with Crippen LogP contribution < -0.4 is 5.63 Å². The molecular weight excluding hydrogens is 362 g/mol. The fourth-order valence-corrected chi connectivity index (χ4v) is 4.93. The molecule has 1 aliphatic carbocycles. The lowest BCUT2D eigenvalue weighted by Crippen LogP contribution is -2.15. The van der Waals surface area contributed by atoms with Gasteiger partial charge in [0.15, 0.2) is 5.16 Å². The van der Waals surface area contributed by atoms with E-state index in [2.05, 4.69) is 14.8 Å². The highest BCUT2D eigenvalue weighted by Crippen LogP contribution is 2.34. The van der Waals surface area contributed by atoms with Crippen LogP contribution in [0.5, 0.6) is 5.75 Å². The highest BCUT2D eigenvalue weighted by molar-refractivity contribution is 7.98. The number of thioether (sulfide) groups is 1. The van der Waals surface area contributed by atoms with Crippen molar-refractivity contribution in [3.8, 4) is 5.75 Å². The molecule has 7 heteroatoms. The standard InChI is InChI=1S/C20H23N3O3S/c1-12-17(24)9-8-16-14(10-18(25)26-19(12)16)11-27-20-22-21-13(2)23(20)15-6-4-3-5-7-15/h8-10,15,24H,3-7,11H2,1-2H3. The van der Waals surface area contributed by atoms with E-state index in [0.717, 1.165) is 21.9 Å². The Morgan fingerprint density at radius 3 is 2.78 bits per heavy atom. The first-order valence-electron chi connectivity index (χ1n) is 9.34. The van der Waals surface area contributed by atoms with E-state index >= 15 is 0 Å². The molecule has 0 bridgehead atoms. The van der Waals surface area contributed by atoms with Crippen molar-refractivity contribution in [3.63, 3.8) is 0 Å². The number of hydrogen-bond donors (Lipinski definition) is 1. The highest BCUT2D eigenvalue weighted by Gasteiger charge is 2.21. The van der Waals surface area contributed by atoms with Crippen LogP contribution in [-0.2, 0) is 5.75 Å². The zero-order chi connectivity index (χ0) is 19.0. The Hall–Kier alpha value is -2.28. The number of phenols is 1. The zero-order valence-electron chi connectivity index (χ0n) is 15.6. The number of nitrogens with zero attached hydrogens (tertiary/aromatic N) is 3. The van der Waals surface area contributed by atoms with Crippen molar-refractivity contribution >= 4 is 22.7 Å². The van der Waals surface area contributed by atoms with Gasteiger partial charge in [-0.2, -0.15) is 0 Å². The van der Waals surface area contributed by atoms with Crippen LogP contribution in [0.2, 0.25) is 0 Å². The quantitative estimate of drug-likeness (QED) is 0.526. The summed E-state index contributed by atoms with van der Waals surface area (Å²) in [5.41, 5.74) is 1.50. The highest BCUT2D eigenvalue weighted by atomic mass is 32.2. The van der Waals surface area contributed by atoms with Crippen LogP contribution in [0.15, 0.2) is 32.6 Å². The van der Waals surface area contributed by atoms with Gasteiger partial charge in [0.2, 0.25) is 0 Å². The van der Waals surface area contributed by atoms with Gasteiger partial charge in [-0.25, -0.2) is 4.79 Å². The lowest BCUT2D eigenvalue weighted by atomic mass is 9.95. The van der Waals surface area contributed by atoms with Gasteiger partial charge in [-0.05, 0) is 44.4 Å². The van der Waals surface area contributed by atoms with Crippen LogP contribution in [0.25, 0.3) is 11.0 Å².